The van der Waals surface area contributed by atoms with Gasteiger partial charge in [-0.05, 0) is 74.9 Å². The molecule has 9 heteroatoms. The summed E-state index contributed by atoms with van der Waals surface area (Å²) in [5.41, 5.74) is 5.07. The Morgan fingerprint density at radius 2 is 1.76 bits per heavy atom. The van der Waals surface area contributed by atoms with E-state index in [4.69, 9.17) is 9.84 Å². The maximum absolute atomic E-state index is 13.3. The standard InChI is InChI=1S/C29H24N6O2S/c1-18(2)37-24-10-9-21(15-19(24)3)26-22(17-34(32-26)23-7-5-4-6-8-23)16-25-28(36)35-29(38-25)31-27(33-35)20-11-13-30-14-12-20/h4-18H,1-3H3. The molecule has 0 unspecified atom stereocenters. The highest BCUT2D eigenvalue weighted by Gasteiger charge is 2.16. The number of fused-ring (bicyclic) bond motifs is 1. The molecule has 0 radical (unpaired) electrons. The predicted octanol–water partition coefficient (Wildman–Crippen LogP) is 4.71. The number of aromatic nitrogens is 6. The number of hydrogen-bond donors (Lipinski definition) is 0. The van der Waals surface area contributed by atoms with Crippen molar-refractivity contribution in [2.75, 3.05) is 0 Å². The molecule has 4 heterocycles. The fourth-order valence-electron chi connectivity index (χ4n) is 4.21. The Bertz CT molecular complexity index is 1860. The SMILES string of the molecule is Cc1cc(-c2nn(-c3ccccc3)cc2C=c2sc3nc(-c4ccncc4)nn3c2=O)ccc1OC(C)C. The van der Waals surface area contributed by atoms with Crippen LogP contribution in [-0.2, 0) is 0 Å². The lowest BCUT2D eigenvalue weighted by Gasteiger charge is -2.13. The van der Waals surface area contributed by atoms with E-state index >= 15 is 0 Å². The van der Waals surface area contributed by atoms with E-state index in [2.05, 4.69) is 21.1 Å². The van der Waals surface area contributed by atoms with Gasteiger partial charge in [-0.1, -0.05) is 29.5 Å². The third kappa shape index (κ3) is 4.48. The van der Waals surface area contributed by atoms with Crippen molar-refractivity contribution in [3.8, 4) is 34.1 Å². The summed E-state index contributed by atoms with van der Waals surface area (Å²) in [5.74, 6) is 1.34. The molecule has 0 aliphatic carbocycles. The smallest absolute Gasteiger partial charge is 0.291 e. The van der Waals surface area contributed by atoms with Crippen molar-refractivity contribution in [3.05, 3.63) is 105 Å². The zero-order valence-electron chi connectivity index (χ0n) is 21.1. The molecule has 0 spiro atoms. The predicted molar refractivity (Wildman–Crippen MR) is 149 cm³/mol. The van der Waals surface area contributed by atoms with E-state index in [9.17, 15) is 4.79 Å². The highest BCUT2D eigenvalue weighted by molar-refractivity contribution is 7.15. The van der Waals surface area contributed by atoms with E-state index in [0.29, 0.717) is 15.3 Å². The van der Waals surface area contributed by atoms with E-state index in [1.807, 2.05) is 92.3 Å². The number of aryl methyl sites for hydroxylation is 1. The van der Waals surface area contributed by atoms with Crippen LogP contribution in [0.5, 0.6) is 5.75 Å². The molecule has 0 amide bonds. The van der Waals surface area contributed by atoms with Crippen LogP contribution in [0.25, 0.3) is 39.4 Å². The first-order valence-corrected chi connectivity index (χ1v) is 13.0. The van der Waals surface area contributed by atoms with Crippen molar-refractivity contribution in [1.29, 1.82) is 0 Å². The van der Waals surface area contributed by atoms with Gasteiger partial charge in [-0.2, -0.15) is 14.6 Å². The van der Waals surface area contributed by atoms with E-state index in [0.717, 1.165) is 39.4 Å². The Morgan fingerprint density at radius 1 is 0.974 bits per heavy atom. The summed E-state index contributed by atoms with van der Waals surface area (Å²) < 4.78 is 9.65. The maximum Gasteiger partial charge on any atom is 0.291 e. The van der Waals surface area contributed by atoms with Crippen molar-refractivity contribution in [1.82, 2.24) is 29.4 Å². The number of rotatable bonds is 6. The Hall–Kier alpha value is -4.63. The first kappa shape index (κ1) is 23.7. The van der Waals surface area contributed by atoms with Gasteiger partial charge in [0.15, 0.2) is 5.82 Å². The summed E-state index contributed by atoms with van der Waals surface area (Å²) >= 11 is 1.30. The lowest BCUT2D eigenvalue weighted by Crippen LogP contribution is -2.23. The van der Waals surface area contributed by atoms with E-state index in [-0.39, 0.29) is 11.7 Å². The van der Waals surface area contributed by atoms with Gasteiger partial charge in [0, 0.05) is 35.3 Å². The van der Waals surface area contributed by atoms with Crippen molar-refractivity contribution >= 4 is 22.4 Å². The number of thiazole rings is 1. The van der Waals surface area contributed by atoms with Crippen molar-refractivity contribution in [2.24, 2.45) is 0 Å². The zero-order valence-corrected chi connectivity index (χ0v) is 21.9. The number of nitrogens with zero attached hydrogens (tertiary/aromatic N) is 6. The first-order chi connectivity index (χ1) is 18.5. The van der Waals surface area contributed by atoms with Crippen molar-refractivity contribution < 1.29 is 4.74 Å². The van der Waals surface area contributed by atoms with Crippen LogP contribution in [0.3, 0.4) is 0 Å². The quantitative estimate of drug-likeness (QED) is 0.316. The van der Waals surface area contributed by atoms with E-state index in [1.54, 1.807) is 12.4 Å². The van der Waals surface area contributed by atoms with Gasteiger partial charge in [-0.3, -0.25) is 9.78 Å². The Morgan fingerprint density at radius 3 is 2.47 bits per heavy atom. The minimum atomic E-state index is -0.215. The van der Waals surface area contributed by atoms with Gasteiger partial charge in [0.25, 0.3) is 5.56 Å². The average Bonchev–Trinajstić information content (AvgIpc) is 3.61. The topological polar surface area (TPSA) is 87.2 Å². The maximum atomic E-state index is 13.3. The zero-order chi connectivity index (χ0) is 26.2. The highest BCUT2D eigenvalue weighted by Crippen LogP contribution is 2.29. The van der Waals surface area contributed by atoms with Gasteiger partial charge in [0.1, 0.15) is 11.4 Å². The molecule has 4 aromatic heterocycles. The highest BCUT2D eigenvalue weighted by atomic mass is 32.1. The molecular formula is C29H24N6O2S. The third-order valence-corrected chi connectivity index (χ3v) is 6.94. The number of hydrogen-bond acceptors (Lipinski definition) is 7. The fourth-order valence-corrected chi connectivity index (χ4v) is 5.11. The summed E-state index contributed by atoms with van der Waals surface area (Å²) in [4.78, 5) is 22.4. The number of pyridine rings is 1. The third-order valence-electron chi connectivity index (χ3n) is 5.98. The van der Waals surface area contributed by atoms with Crippen LogP contribution in [0, 0.1) is 6.92 Å². The summed E-state index contributed by atoms with van der Waals surface area (Å²) in [6.45, 7) is 6.04. The molecule has 2 aromatic carbocycles. The van der Waals surface area contributed by atoms with Gasteiger partial charge < -0.3 is 4.74 Å². The monoisotopic (exact) mass is 520 g/mol. The molecule has 0 bridgehead atoms. The van der Waals surface area contributed by atoms with Crippen LogP contribution >= 0.6 is 11.3 Å². The Labute approximate surface area is 222 Å². The van der Waals surface area contributed by atoms with Crippen molar-refractivity contribution in [2.45, 2.75) is 26.9 Å². The van der Waals surface area contributed by atoms with Crippen LogP contribution in [0.1, 0.15) is 25.0 Å². The lowest BCUT2D eigenvalue weighted by molar-refractivity contribution is 0.241. The molecule has 0 fully saturated rings. The molecular weight excluding hydrogens is 496 g/mol. The summed E-state index contributed by atoms with van der Waals surface area (Å²) in [7, 11) is 0. The molecule has 0 atom stereocenters. The molecule has 0 saturated carbocycles. The van der Waals surface area contributed by atoms with E-state index in [1.165, 1.54) is 15.9 Å². The Kier molecular flexibility index (Phi) is 6.05. The molecule has 0 aliphatic heterocycles. The van der Waals surface area contributed by atoms with Gasteiger partial charge in [0.05, 0.1) is 16.3 Å². The molecule has 6 rings (SSSR count). The Balaban J connectivity index is 1.47. The van der Waals surface area contributed by atoms with Gasteiger partial charge >= 0.3 is 0 Å². The first-order valence-electron chi connectivity index (χ1n) is 12.2. The molecule has 0 N–H and O–H groups in total. The second kappa shape index (κ2) is 9.68. The van der Waals surface area contributed by atoms with Crippen LogP contribution < -0.4 is 14.8 Å². The number of benzene rings is 2. The van der Waals surface area contributed by atoms with Crippen LogP contribution in [0.2, 0.25) is 0 Å². The molecule has 8 nitrogen and oxygen atoms in total. The van der Waals surface area contributed by atoms with Crippen LogP contribution in [-0.4, -0.2) is 35.5 Å². The van der Waals surface area contributed by atoms with Gasteiger partial charge in [-0.25, -0.2) is 4.68 Å². The largest absolute Gasteiger partial charge is 0.491 e. The molecule has 38 heavy (non-hydrogen) atoms. The van der Waals surface area contributed by atoms with E-state index < -0.39 is 0 Å². The lowest BCUT2D eigenvalue weighted by atomic mass is 10.0. The molecule has 6 aromatic rings. The fraction of sp³-hybridized carbons (Fsp3) is 0.138. The molecule has 188 valence electrons. The average molecular weight is 521 g/mol. The number of para-hydroxylation sites is 1. The second-order valence-corrected chi connectivity index (χ2v) is 10.2. The minimum Gasteiger partial charge on any atom is -0.491 e. The van der Waals surface area contributed by atoms with Gasteiger partial charge in [0.2, 0.25) is 4.96 Å². The second-order valence-electron chi connectivity index (χ2n) is 9.14. The minimum absolute atomic E-state index is 0.0848. The molecule has 0 aliphatic rings. The summed E-state index contributed by atoms with van der Waals surface area (Å²) in [5, 5.41) is 9.35. The molecule has 0 saturated heterocycles. The summed E-state index contributed by atoms with van der Waals surface area (Å²) in [6.07, 6.45) is 7.25. The van der Waals surface area contributed by atoms with Crippen LogP contribution in [0.4, 0.5) is 0 Å². The summed E-state index contributed by atoms with van der Waals surface area (Å²) in [6, 6.07) is 19.6. The normalized spacial score (nSPS) is 12.1. The van der Waals surface area contributed by atoms with Crippen LogP contribution in [0.15, 0.2) is 84.0 Å². The van der Waals surface area contributed by atoms with Gasteiger partial charge in [-0.15, -0.1) is 5.10 Å². The number of ether oxygens (including phenoxy) is 1. The van der Waals surface area contributed by atoms with Crippen molar-refractivity contribution in [3.63, 3.8) is 0 Å².